The summed E-state index contributed by atoms with van der Waals surface area (Å²) in [5, 5.41) is 0. The first-order chi connectivity index (χ1) is 8.95. The monoisotopic (exact) mass is 332 g/mol. The van der Waals surface area contributed by atoms with Gasteiger partial charge in [-0.15, -0.1) is 0 Å². The minimum atomic E-state index is -4.79. The molecule has 2 N–H and O–H groups in total. The largest absolute Gasteiger partial charge is 0.416 e. The van der Waals surface area contributed by atoms with Crippen molar-refractivity contribution < 1.29 is 30.0 Å². The van der Waals surface area contributed by atoms with Crippen LogP contribution in [-0.4, -0.2) is 30.9 Å². The molecule has 0 spiro atoms. The quantitative estimate of drug-likeness (QED) is 0.841. The fraction of sp³-hybridized carbons (Fsp3) is 0.333. The van der Waals surface area contributed by atoms with Crippen molar-refractivity contribution in [3.63, 3.8) is 0 Å². The summed E-state index contributed by atoms with van der Waals surface area (Å²) in [7, 11) is -6.61. The zero-order chi connectivity index (χ0) is 15.8. The number of hydrogen-bond donors (Lipinski definition) is 2. The molecule has 0 aliphatic heterocycles. The van der Waals surface area contributed by atoms with Crippen molar-refractivity contribution in [1.29, 1.82) is 0 Å². The van der Waals surface area contributed by atoms with Gasteiger partial charge in [-0.2, -0.15) is 13.2 Å². The third kappa shape index (κ3) is 3.29. The summed E-state index contributed by atoms with van der Waals surface area (Å²) in [5.74, 6) is 0. The van der Waals surface area contributed by atoms with Gasteiger partial charge in [-0.3, -0.25) is 0 Å². The normalized spacial score (nSPS) is 13.4. The van der Waals surface area contributed by atoms with E-state index < -0.39 is 41.6 Å². The van der Waals surface area contributed by atoms with E-state index in [4.69, 9.17) is 0 Å². The van der Waals surface area contributed by atoms with Gasteiger partial charge < -0.3 is 0 Å². The van der Waals surface area contributed by atoms with Gasteiger partial charge in [0.15, 0.2) is 0 Å². The molecule has 20 heavy (non-hydrogen) atoms. The maximum absolute atomic E-state index is 12.6. The first-order valence-electron chi connectivity index (χ1n) is 5.04. The summed E-state index contributed by atoms with van der Waals surface area (Å²) < 4.78 is 88.1. The Labute approximate surface area is 114 Å². The molecule has 1 rings (SSSR count). The molecule has 0 amide bonds. The van der Waals surface area contributed by atoms with Crippen LogP contribution < -0.4 is 9.44 Å². The Hall–Kier alpha value is -1.17. The van der Waals surface area contributed by atoms with Crippen LogP contribution in [0.15, 0.2) is 28.0 Å². The van der Waals surface area contributed by atoms with Crippen LogP contribution in [0.4, 0.5) is 13.2 Å². The zero-order valence-electron chi connectivity index (χ0n) is 10.3. The average molecular weight is 332 g/mol. The zero-order valence-corrected chi connectivity index (χ0v) is 11.9. The Bertz CT molecular complexity index is 711. The summed E-state index contributed by atoms with van der Waals surface area (Å²) in [6.07, 6.45) is -4.79. The van der Waals surface area contributed by atoms with E-state index in [1.54, 1.807) is 4.72 Å². The van der Waals surface area contributed by atoms with Crippen molar-refractivity contribution in [3.05, 3.63) is 23.8 Å². The maximum Gasteiger partial charge on any atom is 0.416 e. The van der Waals surface area contributed by atoms with E-state index in [-0.39, 0.29) is 6.07 Å². The van der Waals surface area contributed by atoms with E-state index in [2.05, 4.69) is 0 Å². The minimum absolute atomic E-state index is 0.274. The molecular formula is C9H11F3N2O4S2. The SMILES string of the molecule is CNS(=O)(=O)c1ccc(C(F)(F)F)cc1S(=O)(=O)NC. The number of benzene rings is 1. The van der Waals surface area contributed by atoms with Crippen LogP contribution in [-0.2, 0) is 26.2 Å². The highest BCUT2D eigenvalue weighted by atomic mass is 32.2. The number of rotatable bonds is 4. The minimum Gasteiger partial charge on any atom is -0.214 e. The molecular weight excluding hydrogens is 321 g/mol. The number of halogens is 3. The summed E-state index contributed by atoms with van der Waals surface area (Å²) in [6, 6.07) is 1.37. The summed E-state index contributed by atoms with van der Waals surface area (Å²) >= 11 is 0. The Balaban J connectivity index is 3.74. The third-order valence-electron chi connectivity index (χ3n) is 2.39. The summed E-state index contributed by atoms with van der Waals surface area (Å²) in [5.41, 5.74) is -1.26. The van der Waals surface area contributed by atoms with Gasteiger partial charge in [0, 0.05) is 0 Å². The number of nitrogens with one attached hydrogen (secondary N) is 2. The molecule has 0 saturated heterocycles. The van der Waals surface area contributed by atoms with Crippen molar-refractivity contribution in [1.82, 2.24) is 9.44 Å². The van der Waals surface area contributed by atoms with Gasteiger partial charge in [0.05, 0.1) is 5.56 Å². The second-order valence-electron chi connectivity index (χ2n) is 3.57. The topological polar surface area (TPSA) is 92.3 Å². The first kappa shape index (κ1) is 16.9. The number of alkyl halides is 3. The second kappa shape index (κ2) is 5.31. The van der Waals surface area contributed by atoms with Crippen LogP contribution in [0.2, 0.25) is 0 Å². The molecule has 11 heteroatoms. The van der Waals surface area contributed by atoms with E-state index in [0.29, 0.717) is 12.1 Å². The van der Waals surface area contributed by atoms with Gasteiger partial charge in [-0.1, -0.05) is 0 Å². The fourth-order valence-corrected chi connectivity index (χ4v) is 3.62. The lowest BCUT2D eigenvalue weighted by Gasteiger charge is -2.13. The highest BCUT2D eigenvalue weighted by Gasteiger charge is 2.34. The van der Waals surface area contributed by atoms with Crippen LogP contribution in [0.5, 0.6) is 0 Å². The Kier molecular flexibility index (Phi) is 4.49. The van der Waals surface area contributed by atoms with Gasteiger partial charge in [0.1, 0.15) is 9.79 Å². The van der Waals surface area contributed by atoms with Crippen molar-refractivity contribution in [2.24, 2.45) is 0 Å². The molecule has 0 aromatic heterocycles. The van der Waals surface area contributed by atoms with Gasteiger partial charge in [0.25, 0.3) is 0 Å². The first-order valence-corrected chi connectivity index (χ1v) is 8.00. The van der Waals surface area contributed by atoms with Crippen LogP contribution in [0.3, 0.4) is 0 Å². The molecule has 0 radical (unpaired) electrons. The molecule has 114 valence electrons. The second-order valence-corrected chi connectivity index (χ2v) is 7.28. The molecule has 0 bridgehead atoms. The highest BCUT2D eigenvalue weighted by molar-refractivity contribution is 7.92. The Morgan fingerprint density at radius 3 is 1.75 bits per heavy atom. The maximum atomic E-state index is 12.6. The third-order valence-corrected chi connectivity index (χ3v) is 5.44. The van der Waals surface area contributed by atoms with Crippen molar-refractivity contribution >= 4 is 20.0 Å². The number of hydrogen-bond acceptors (Lipinski definition) is 4. The van der Waals surface area contributed by atoms with Gasteiger partial charge >= 0.3 is 6.18 Å². The molecule has 0 unspecified atom stereocenters. The lowest BCUT2D eigenvalue weighted by molar-refractivity contribution is -0.137. The summed E-state index contributed by atoms with van der Waals surface area (Å²) in [4.78, 5) is -1.73. The standard InChI is InChI=1S/C9H11F3N2O4S2/c1-13-19(15,16)7-4-3-6(9(10,11)12)5-8(7)20(17,18)14-2/h3-5,13-14H,1-2H3. The van der Waals surface area contributed by atoms with Crippen LogP contribution in [0, 0.1) is 0 Å². The molecule has 0 aliphatic rings. The average Bonchev–Trinajstić information content (AvgIpc) is 2.37. The van der Waals surface area contributed by atoms with Crippen molar-refractivity contribution in [2.45, 2.75) is 16.0 Å². The molecule has 0 heterocycles. The lowest BCUT2D eigenvalue weighted by Crippen LogP contribution is -2.26. The fourth-order valence-electron chi connectivity index (χ4n) is 1.34. The van der Waals surface area contributed by atoms with E-state index in [1.807, 2.05) is 4.72 Å². The van der Waals surface area contributed by atoms with Crippen molar-refractivity contribution in [3.8, 4) is 0 Å². The molecule has 0 saturated carbocycles. The Morgan fingerprint density at radius 2 is 1.35 bits per heavy atom. The predicted octanol–water partition coefficient (Wildman–Crippen LogP) is 0.522. The molecule has 0 fully saturated rings. The van der Waals surface area contributed by atoms with E-state index in [1.165, 1.54) is 0 Å². The van der Waals surface area contributed by atoms with Gasteiger partial charge in [-0.25, -0.2) is 26.3 Å². The Morgan fingerprint density at radius 1 is 0.900 bits per heavy atom. The smallest absolute Gasteiger partial charge is 0.214 e. The molecule has 6 nitrogen and oxygen atoms in total. The predicted molar refractivity (Wildman–Crippen MR) is 63.9 cm³/mol. The molecule has 1 aromatic carbocycles. The van der Waals surface area contributed by atoms with E-state index >= 15 is 0 Å². The molecule has 1 aromatic rings. The van der Waals surface area contributed by atoms with Crippen molar-refractivity contribution in [2.75, 3.05) is 14.1 Å². The molecule has 0 atom stereocenters. The van der Waals surface area contributed by atoms with E-state index in [0.717, 1.165) is 14.1 Å². The van der Waals surface area contributed by atoms with Gasteiger partial charge in [0.2, 0.25) is 20.0 Å². The highest BCUT2D eigenvalue weighted by Crippen LogP contribution is 2.33. The van der Waals surface area contributed by atoms with Crippen LogP contribution in [0.25, 0.3) is 0 Å². The lowest BCUT2D eigenvalue weighted by atomic mass is 10.2. The molecule has 0 aliphatic carbocycles. The van der Waals surface area contributed by atoms with Crippen LogP contribution >= 0.6 is 0 Å². The van der Waals surface area contributed by atoms with Crippen LogP contribution in [0.1, 0.15) is 5.56 Å². The number of sulfonamides is 2. The van der Waals surface area contributed by atoms with Gasteiger partial charge in [-0.05, 0) is 32.3 Å². The summed E-state index contributed by atoms with van der Waals surface area (Å²) in [6.45, 7) is 0. The van der Waals surface area contributed by atoms with E-state index in [9.17, 15) is 30.0 Å².